The maximum atomic E-state index is 12.6. The lowest BCUT2D eigenvalue weighted by Gasteiger charge is -2.14. The minimum atomic E-state index is -0.101. The monoisotopic (exact) mass is 340 g/mol. The highest BCUT2D eigenvalue weighted by Gasteiger charge is 2.17. The maximum absolute atomic E-state index is 12.6. The number of aryl methyl sites for hydroxylation is 2. The van der Waals surface area contributed by atoms with Gasteiger partial charge in [-0.3, -0.25) is 4.79 Å². The van der Waals surface area contributed by atoms with Gasteiger partial charge in [-0.05, 0) is 52.3 Å². The topological polar surface area (TPSA) is 73.0 Å². The van der Waals surface area contributed by atoms with Crippen LogP contribution < -0.4 is 5.32 Å². The number of carbonyl (C=O) groups is 1. The van der Waals surface area contributed by atoms with E-state index in [-0.39, 0.29) is 18.0 Å². The minimum absolute atomic E-state index is 0.0473. The van der Waals surface area contributed by atoms with Crippen LogP contribution in [0.25, 0.3) is 11.0 Å². The van der Waals surface area contributed by atoms with E-state index in [0.717, 1.165) is 29.6 Å². The molecule has 0 radical (unpaired) electrons. The first kappa shape index (κ1) is 17.2. The van der Waals surface area contributed by atoms with E-state index < -0.39 is 0 Å². The van der Waals surface area contributed by atoms with Crippen LogP contribution in [-0.2, 0) is 6.42 Å². The first-order valence-electron chi connectivity index (χ1n) is 8.64. The first-order valence-corrected chi connectivity index (χ1v) is 8.64. The molecule has 1 unspecified atom stereocenters. The number of hydrogen-bond donors (Lipinski definition) is 1. The van der Waals surface area contributed by atoms with E-state index in [2.05, 4.69) is 29.2 Å². The molecule has 0 saturated heterocycles. The molecule has 1 N–H and O–H groups in total. The van der Waals surface area contributed by atoms with Crippen molar-refractivity contribution in [1.29, 1.82) is 0 Å². The molecule has 1 amide bonds. The Bertz CT molecular complexity index is 865. The fraction of sp³-hybridized carbons (Fsp3) is 0.421. The van der Waals surface area contributed by atoms with Gasteiger partial charge >= 0.3 is 0 Å². The van der Waals surface area contributed by atoms with Crippen molar-refractivity contribution in [2.24, 2.45) is 0 Å². The molecular formula is C19H24N4O2. The number of pyridine rings is 1. The summed E-state index contributed by atoms with van der Waals surface area (Å²) in [6.45, 7) is 7.98. The van der Waals surface area contributed by atoms with Crippen molar-refractivity contribution in [3.8, 4) is 0 Å². The zero-order chi connectivity index (χ0) is 18.0. The largest absolute Gasteiger partial charge is 0.469 e. The van der Waals surface area contributed by atoms with Crippen molar-refractivity contribution in [3.63, 3.8) is 0 Å². The smallest absolute Gasteiger partial charge is 0.253 e. The Morgan fingerprint density at radius 3 is 2.84 bits per heavy atom. The number of carbonyl (C=O) groups excluding carboxylic acids is 1. The van der Waals surface area contributed by atoms with Gasteiger partial charge in [-0.1, -0.05) is 0 Å². The Hall–Kier alpha value is -2.63. The lowest BCUT2D eigenvalue weighted by Crippen LogP contribution is -2.33. The van der Waals surface area contributed by atoms with E-state index in [9.17, 15) is 4.79 Å². The molecule has 0 fully saturated rings. The summed E-state index contributed by atoms with van der Waals surface area (Å²) in [5, 5.41) is 8.30. The van der Waals surface area contributed by atoms with Gasteiger partial charge in [0.2, 0.25) is 0 Å². The van der Waals surface area contributed by atoms with Gasteiger partial charge in [0.25, 0.3) is 5.91 Å². The SMILES string of the molecule is Cc1nc2c(cnn2C(C)C)cc1C(=O)NC(C)CCc1ccco1. The molecular weight excluding hydrogens is 316 g/mol. The van der Waals surface area contributed by atoms with Crippen LogP contribution in [-0.4, -0.2) is 26.7 Å². The molecule has 3 rings (SSSR count). The Morgan fingerprint density at radius 1 is 1.36 bits per heavy atom. The third kappa shape index (κ3) is 3.73. The molecule has 3 heterocycles. The molecule has 25 heavy (non-hydrogen) atoms. The number of aromatic nitrogens is 3. The van der Waals surface area contributed by atoms with E-state index in [0.29, 0.717) is 11.3 Å². The third-order valence-corrected chi connectivity index (χ3v) is 4.27. The van der Waals surface area contributed by atoms with Gasteiger partial charge in [0, 0.05) is 23.9 Å². The third-order valence-electron chi connectivity index (χ3n) is 4.27. The van der Waals surface area contributed by atoms with Crippen LogP contribution >= 0.6 is 0 Å². The summed E-state index contributed by atoms with van der Waals surface area (Å²) >= 11 is 0. The predicted molar refractivity (Wildman–Crippen MR) is 96.6 cm³/mol. The second-order valence-corrected chi connectivity index (χ2v) is 6.71. The highest BCUT2D eigenvalue weighted by Crippen LogP contribution is 2.19. The molecule has 0 aromatic carbocycles. The van der Waals surface area contributed by atoms with Crippen LogP contribution in [0, 0.1) is 6.92 Å². The summed E-state index contributed by atoms with van der Waals surface area (Å²) in [4.78, 5) is 17.2. The van der Waals surface area contributed by atoms with Crippen LogP contribution in [0.15, 0.2) is 35.1 Å². The fourth-order valence-corrected chi connectivity index (χ4v) is 2.86. The van der Waals surface area contributed by atoms with Gasteiger partial charge in [0.05, 0.1) is 23.7 Å². The first-order chi connectivity index (χ1) is 12.0. The van der Waals surface area contributed by atoms with Gasteiger partial charge in [-0.25, -0.2) is 9.67 Å². The summed E-state index contributed by atoms with van der Waals surface area (Å²) in [6.07, 6.45) is 5.05. The van der Waals surface area contributed by atoms with Crippen LogP contribution in [0.4, 0.5) is 0 Å². The molecule has 0 saturated carbocycles. The average molecular weight is 340 g/mol. The molecule has 0 bridgehead atoms. The number of nitrogens with zero attached hydrogens (tertiary/aromatic N) is 3. The Kier molecular flexibility index (Phi) is 4.88. The molecule has 0 aliphatic rings. The van der Waals surface area contributed by atoms with Gasteiger partial charge < -0.3 is 9.73 Å². The van der Waals surface area contributed by atoms with Crippen LogP contribution in [0.3, 0.4) is 0 Å². The number of furan rings is 1. The van der Waals surface area contributed by atoms with Crippen molar-refractivity contribution in [2.45, 2.75) is 52.6 Å². The highest BCUT2D eigenvalue weighted by molar-refractivity contribution is 5.98. The van der Waals surface area contributed by atoms with Gasteiger partial charge in [-0.2, -0.15) is 5.10 Å². The number of rotatable bonds is 6. The van der Waals surface area contributed by atoms with Gasteiger partial charge in [0.1, 0.15) is 5.76 Å². The van der Waals surface area contributed by atoms with Crippen molar-refractivity contribution < 1.29 is 9.21 Å². The molecule has 6 nitrogen and oxygen atoms in total. The minimum Gasteiger partial charge on any atom is -0.469 e. The van der Waals surface area contributed by atoms with Crippen molar-refractivity contribution in [3.05, 3.63) is 47.7 Å². The zero-order valence-electron chi connectivity index (χ0n) is 15.1. The molecule has 1 atom stereocenters. The second kappa shape index (κ2) is 7.09. The summed E-state index contributed by atoms with van der Waals surface area (Å²) in [7, 11) is 0. The summed E-state index contributed by atoms with van der Waals surface area (Å²) < 4.78 is 7.20. The second-order valence-electron chi connectivity index (χ2n) is 6.71. The summed E-state index contributed by atoms with van der Waals surface area (Å²) in [6, 6.07) is 5.97. The van der Waals surface area contributed by atoms with Crippen LogP contribution in [0.1, 0.15) is 55.0 Å². The van der Waals surface area contributed by atoms with Crippen LogP contribution in [0.5, 0.6) is 0 Å². The quantitative estimate of drug-likeness (QED) is 0.743. The predicted octanol–water partition coefficient (Wildman–Crippen LogP) is 3.66. The lowest BCUT2D eigenvalue weighted by atomic mass is 10.1. The van der Waals surface area contributed by atoms with Crippen molar-refractivity contribution >= 4 is 16.9 Å². The van der Waals surface area contributed by atoms with E-state index >= 15 is 0 Å². The zero-order valence-corrected chi connectivity index (χ0v) is 15.1. The van der Waals surface area contributed by atoms with Gasteiger partial charge in [-0.15, -0.1) is 0 Å². The fourth-order valence-electron chi connectivity index (χ4n) is 2.86. The molecule has 0 aliphatic carbocycles. The number of hydrogen-bond acceptors (Lipinski definition) is 4. The summed E-state index contributed by atoms with van der Waals surface area (Å²) in [5.41, 5.74) is 2.13. The number of fused-ring (bicyclic) bond motifs is 1. The Labute approximate surface area is 147 Å². The molecule has 0 aliphatic heterocycles. The Morgan fingerprint density at radius 2 is 2.16 bits per heavy atom. The Balaban J connectivity index is 1.72. The van der Waals surface area contributed by atoms with Crippen molar-refractivity contribution in [2.75, 3.05) is 0 Å². The molecule has 3 aromatic rings. The number of nitrogens with one attached hydrogen (secondary N) is 1. The van der Waals surface area contributed by atoms with Crippen molar-refractivity contribution in [1.82, 2.24) is 20.1 Å². The normalized spacial score (nSPS) is 12.7. The molecule has 6 heteroatoms. The summed E-state index contributed by atoms with van der Waals surface area (Å²) in [5.74, 6) is 0.831. The van der Waals surface area contributed by atoms with Crippen LogP contribution in [0.2, 0.25) is 0 Å². The van der Waals surface area contributed by atoms with E-state index in [4.69, 9.17) is 4.42 Å². The lowest BCUT2D eigenvalue weighted by molar-refractivity contribution is 0.0937. The standard InChI is InChI=1S/C19H24N4O2/c1-12(2)23-18-15(11-20-23)10-17(14(4)22-18)19(24)21-13(3)7-8-16-6-5-9-25-16/h5-6,9-13H,7-8H2,1-4H3,(H,21,24). The highest BCUT2D eigenvalue weighted by atomic mass is 16.3. The molecule has 3 aromatic heterocycles. The number of amides is 1. The molecule has 0 spiro atoms. The molecule has 132 valence electrons. The van der Waals surface area contributed by atoms with Gasteiger partial charge in [0.15, 0.2) is 5.65 Å². The van der Waals surface area contributed by atoms with E-state index in [1.807, 2.05) is 36.7 Å². The van der Waals surface area contributed by atoms with E-state index in [1.54, 1.807) is 12.5 Å². The average Bonchev–Trinajstić information content (AvgIpc) is 3.21. The maximum Gasteiger partial charge on any atom is 0.253 e. The van der Waals surface area contributed by atoms with E-state index in [1.165, 1.54) is 0 Å².